The molecule has 0 spiro atoms. The summed E-state index contributed by atoms with van der Waals surface area (Å²) in [6.45, 7) is 11.3. The van der Waals surface area contributed by atoms with Gasteiger partial charge >= 0.3 is 0 Å². The Bertz CT molecular complexity index is 763. The molecule has 0 saturated carbocycles. The molecule has 1 aliphatic rings. The Labute approximate surface area is 204 Å². The lowest BCUT2D eigenvalue weighted by Gasteiger charge is -2.20. The monoisotopic (exact) mass is 539 g/mol. The first-order valence-electron chi connectivity index (χ1n) is 11.2. The minimum Gasteiger partial charge on any atom is -0.357 e. The van der Waals surface area contributed by atoms with E-state index in [0.717, 1.165) is 38.6 Å². The van der Waals surface area contributed by atoms with Crippen molar-refractivity contribution in [1.29, 1.82) is 0 Å². The van der Waals surface area contributed by atoms with Crippen molar-refractivity contribution >= 4 is 29.9 Å². The molecule has 3 rings (SSSR count). The van der Waals surface area contributed by atoms with Crippen LogP contribution in [0.2, 0.25) is 0 Å². The second kappa shape index (κ2) is 14.4. The summed E-state index contributed by atoms with van der Waals surface area (Å²) in [5.41, 5.74) is 2.49. The maximum atomic E-state index is 4.83. The molecule has 7 nitrogen and oxygen atoms in total. The highest BCUT2D eigenvalue weighted by atomic mass is 127. The van der Waals surface area contributed by atoms with Crippen molar-refractivity contribution in [2.45, 2.75) is 32.9 Å². The van der Waals surface area contributed by atoms with Gasteiger partial charge in [-0.3, -0.25) is 4.68 Å². The van der Waals surface area contributed by atoms with E-state index < -0.39 is 0 Å². The first-order valence-corrected chi connectivity index (χ1v) is 11.2. The van der Waals surface area contributed by atoms with Gasteiger partial charge in [0.1, 0.15) is 0 Å². The first kappa shape index (κ1) is 25.6. The molecule has 0 bridgehead atoms. The van der Waals surface area contributed by atoms with Crippen molar-refractivity contribution in [3.8, 4) is 0 Å². The third-order valence-corrected chi connectivity index (χ3v) is 5.52. The molecule has 1 fully saturated rings. The molecular weight excluding hydrogens is 501 g/mol. The Kier molecular flexibility index (Phi) is 11.9. The summed E-state index contributed by atoms with van der Waals surface area (Å²) in [6.07, 6.45) is 6.21. The number of halogens is 1. The second-order valence-electron chi connectivity index (χ2n) is 7.95. The Morgan fingerprint density at radius 2 is 1.90 bits per heavy atom. The smallest absolute Gasteiger partial charge is 0.191 e. The van der Waals surface area contributed by atoms with Gasteiger partial charge in [-0.25, -0.2) is 4.99 Å². The van der Waals surface area contributed by atoms with E-state index in [1.807, 2.05) is 23.1 Å². The van der Waals surface area contributed by atoms with Crippen LogP contribution in [0, 0.1) is 0 Å². The van der Waals surface area contributed by atoms with E-state index in [4.69, 9.17) is 4.99 Å². The Morgan fingerprint density at radius 3 is 2.68 bits per heavy atom. The van der Waals surface area contributed by atoms with Crippen LogP contribution in [0.5, 0.6) is 0 Å². The third-order valence-electron chi connectivity index (χ3n) is 5.52. The largest absolute Gasteiger partial charge is 0.357 e. The molecule has 8 heteroatoms. The molecule has 0 radical (unpaired) electrons. The number of aliphatic imine (C=N–C) groups is 1. The number of nitrogens with one attached hydrogen (secondary N) is 2. The Balaban J connectivity index is 0.00000341. The minimum atomic E-state index is 0. The van der Waals surface area contributed by atoms with Crippen LogP contribution in [-0.4, -0.2) is 78.4 Å². The summed E-state index contributed by atoms with van der Waals surface area (Å²) in [5, 5.41) is 11.2. The zero-order chi connectivity index (χ0) is 21.0. The quantitative estimate of drug-likeness (QED) is 0.222. The minimum absolute atomic E-state index is 0. The summed E-state index contributed by atoms with van der Waals surface area (Å²) in [5.74, 6) is 0.891. The Hall–Kier alpha value is -1.65. The van der Waals surface area contributed by atoms with Crippen LogP contribution in [0.25, 0.3) is 0 Å². The van der Waals surface area contributed by atoms with Crippen molar-refractivity contribution in [2.75, 3.05) is 52.9 Å². The van der Waals surface area contributed by atoms with E-state index in [-0.39, 0.29) is 24.0 Å². The summed E-state index contributed by atoms with van der Waals surface area (Å²) < 4.78 is 1.95. The zero-order valence-corrected chi connectivity index (χ0v) is 21.3. The molecular formula is C23H38IN7. The van der Waals surface area contributed by atoms with Gasteiger partial charge in [0.2, 0.25) is 0 Å². The Morgan fingerprint density at radius 1 is 1.06 bits per heavy atom. The lowest BCUT2D eigenvalue weighted by atomic mass is 10.1. The van der Waals surface area contributed by atoms with Crippen LogP contribution < -0.4 is 10.6 Å². The molecule has 2 N–H and O–H groups in total. The molecule has 1 aromatic carbocycles. The van der Waals surface area contributed by atoms with E-state index in [0.29, 0.717) is 6.54 Å². The molecule has 1 aliphatic heterocycles. The van der Waals surface area contributed by atoms with Gasteiger partial charge in [0, 0.05) is 38.6 Å². The summed E-state index contributed by atoms with van der Waals surface area (Å²) >= 11 is 0. The first-order chi connectivity index (χ1) is 14.7. The van der Waals surface area contributed by atoms with Crippen LogP contribution in [0.4, 0.5) is 0 Å². The van der Waals surface area contributed by atoms with Crippen LogP contribution in [0.1, 0.15) is 30.9 Å². The van der Waals surface area contributed by atoms with Crippen molar-refractivity contribution < 1.29 is 0 Å². The van der Waals surface area contributed by atoms with Gasteiger partial charge in [-0.05, 0) is 63.6 Å². The molecule has 0 aliphatic carbocycles. The van der Waals surface area contributed by atoms with Gasteiger partial charge in [0.15, 0.2) is 5.96 Å². The van der Waals surface area contributed by atoms with Gasteiger partial charge in [0.05, 0.1) is 13.1 Å². The van der Waals surface area contributed by atoms with E-state index in [9.17, 15) is 0 Å². The van der Waals surface area contributed by atoms with Crippen LogP contribution in [-0.2, 0) is 13.1 Å². The fourth-order valence-corrected chi connectivity index (χ4v) is 3.77. The fraction of sp³-hybridized carbons (Fsp3) is 0.565. The summed E-state index contributed by atoms with van der Waals surface area (Å²) in [4.78, 5) is 9.84. The predicted octanol–water partition coefficient (Wildman–Crippen LogP) is 2.63. The molecule has 2 aromatic rings. The topological polar surface area (TPSA) is 60.7 Å². The van der Waals surface area contributed by atoms with Gasteiger partial charge in [-0.2, -0.15) is 5.10 Å². The second-order valence-corrected chi connectivity index (χ2v) is 7.95. The molecule has 2 heterocycles. The molecule has 1 aromatic heterocycles. The number of hydrogen-bond donors (Lipinski definition) is 2. The standard InChI is InChI=1S/C23H37N7.HI/c1-3-24-23(25-11-6-14-29-15-8-13-28(2)17-18-29)26-19-21-9-4-5-10-22(21)20-30-16-7-12-27-30;/h4-5,7,9-10,12,16H,3,6,8,11,13-15,17-20H2,1-2H3,(H2,24,25,26);1H. The van der Waals surface area contributed by atoms with Gasteiger partial charge in [-0.15, -0.1) is 24.0 Å². The maximum Gasteiger partial charge on any atom is 0.191 e. The molecule has 1 saturated heterocycles. The fourth-order valence-electron chi connectivity index (χ4n) is 3.77. The third kappa shape index (κ3) is 9.16. The maximum absolute atomic E-state index is 4.83. The number of rotatable bonds is 9. The van der Waals surface area contributed by atoms with Crippen molar-refractivity contribution in [1.82, 2.24) is 30.2 Å². The average molecular weight is 540 g/mol. The van der Waals surface area contributed by atoms with Gasteiger partial charge in [-0.1, -0.05) is 24.3 Å². The molecule has 0 amide bonds. The molecule has 0 atom stereocenters. The highest BCUT2D eigenvalue weighted by Gasteiger charge is 2.11. The molecule has 31 heavy (non-hydrogen) atoms. The SMILES string of the molecule is CCNC(=NCc1ccccc1Cn1cccn1)NCCCN1CCCN(C)CC1.I. The normalized spacial score (nSPS) is 15.9. The van der Waals surface area contributed by atoms with E-state index in [1.54, 1.807) is 0 Å². The van der Waals surface area contributed by atoms with Gasteiger partial charge < -0.3 is 20.4 Å². The van der Waals surface area contributed by atoms with Crippen LogP contribution in [0.15, 0.2) is 47.7 Å². The van der Waals surface area contributed by atoms with Crippen molar-refractivity contribution in [3.05, 3.63) is 53.9 Å². The lowest BCUT2D eigenvalue weighted by molar-refractivity contribution is 0.274. The summed E-state index contributed by atoms with van der Waals surface area (Å²) in [6, 6.07) is 10.4. The average Bonchev–Trinajstić information content (AvgIpc) is 3.17. The number of likely N-dealkylation sites (N-methyl/N-ethyl adjacent to an activating group) is 1. The number of benzene rings is 1. The van der Waals surface area contributed by atoms with Crippen LogP contribution in [0.3, 0.4) is 0 Å². The van der Waals surface area contributed by atoms with E-state index in [2.05, 4.69) is 63.8 Å². The lowest BCUT2D eigenvalue weighted by Crippen LogP contribution is -2.39. The summed E-state index contributed by atoms with van der Waals surface area (Å²) in [7, 11) is 2.22. The van der Waals surface area contributed by atoms with Gasteiger partial charge in [0.25, 0.3) is 0 Å². The van der Waals surface area contributed by atoms with E-state index >= 15 is 0 Å². The highest BCUT2D eigenvalue weighted by molar-refractivity contribution is 14.0. The van der Waals surface area contributed by atoms with Crippen molar-refractivity contribution in [2.24, 2.45) is 4.99 Å². The van der Waals surface area contributed by atoms with Crippen molar-refractivity contribution in [3.63, 3.8) is 0 Å². The van der Waals surface area contributed by atoms with E-state index in [1.165, 1.54) is 43.7 Å². The zero-order valence-electron chi connectivity index (χ0n) is 19.0. The number of nitrogens with zero attached hydrogens (tertiary/aromatic N) is 5. The number of hydrogen-bond acceptors (Lipinski definition) is 4. The molecule has 0 unspecified atom stereocenters. The number of aromatic nitrogens is 2. The molecule has 172 valence electrons. The number of guanidine groups is 1. The highest BCUT2D eigenvalue weighted by Crippen LogP contribution is 2.11. The van der Waals surface area contributed by atoms with Crippen LogP contribution >= 0.6 is 24.0 Å². The predicted molar refractivity (Wildman–Crippen MR) is 139 cm³/mol.